The van der Waals surface area contributed by atoms with Crippen LogP contribution in [0.3, 0.4) is 0 Å². The van der Waals surface area contributed by atoms with Gasteiger partial charge < -0.3 is 14.8 Å². The van der Waals surface area contributed by atoms with Gasteiger partial charge in [-0.3, -0.25) is 4.79 Å². The normalized spacial score (nSPS) is 16.8. The average Bonchev–Trinajstić information content (AvgIpc) is 3.24. The standard InChI is InChI=1S/C19H19ClN2O5S/c20-15-11-17-18(27-9-8-26-17)12-16(15)21-19(23)13-4-3-5-14(10-13)28(24,25)22-6-1-2-7-22/h3-5,10-12H,1-2,6-9H2,(H,21,23). The highest BCUT2D eigenvalue weighted by atomic mass is 35.5. The second kappa shape index (κ2) is 7.62. The van der Waals surface area contributed by atoms with E-state index in [9.17, 15) is 13.2 Å². The Morgan fingerprint density at radius 3 is 2.43 bits per heavy atom. The number of carbonyl (C=O) groups excluding carboxylic acids is 1. The summed E-state index contributed by atoms with van der Waals surface area (Å²) in [7, 11) is -3.60. The number of carbonyl (C=O) groups is 1. The van der Waals surface area contributed by atoms with Crippen LogP contribution < -0.4 is 14.8 Å². The Morgan fingerprint density at radius 2 is 1.71 bits per heavy atom. The number of ether oxygens (including phenoxy) is 2. The van der Waals surface area contributed by atoms with E-state index < -0.39 is 15.9 Å². The summed E-state index contributed by atoms with van der Waals surface area (Å²) in [6.45, 7) is 1.86. The van der Waals surface area contributed by atoms with Crippen LogP contribution in [0.1, 0.15) is 23.2 Å². The van der Waals surface area contributed by atoms with Crippen molar-refractivity contribution < 1.29 is 22.7 Å². The largest absolute Gasteiger partial charge is 0.486 e. The number of halogens is 1. The first-order chi connectivity index (χ1) is 13.4. The highest BCUT2D eigenvalue weighted by Crippen LogP contribution is 2.38. The maximum Gasteiger partial charge on any atom is 0.255 e. The molecule has 1 amide bonds. The van der Waals surface area contributed by atoms with Crippen LogP contribution in [0.25, 0.3) is 0 Å². The fourth-order valence-electron chi connectivity index (χ4n) is 3.23. The summed E-state index contributed by atoms with van der Waals surface area (Å²) in [5.74, 6) is 0.557. The van der Waals surface area contributed by atoms with Crippen LogP contribution >= 0.6 is 11.6 Å². The van der Waals surface area contributed by atoms with E-state index >= 15 is 0 Å². The number of hydrogen-bond acceptors (Lipinski definition) is 5. The van der Waals surface area contributed by atoms with E-state index in [1.54, 1.807) is 24.3 Å². The molecule has 0 bridgehead atoms. The van der Waals surface area contributed by atoms with Crippen molar-refractivity contribution in [3.05, 3.63) is 47.0 Å². The first-order valence-corrected chi connectivity index (χ1v) is 10.8. The lowest BCUT2D eigenvalue weighted by Gasteiger charge is -2.20. The molecule has 2 aromatic carbocycles. The van der Waals surface area contributed by atoms with Gasteiger partial charge in [0.1, 0.15) is 13.2 Å². The summed E-state index contributed by atoms with van der Waals surface area (Å²) in [6, 6.07) is 9.18. The molecular formula is C19H19ClN2O5S. The van der Waals surface area contributed by atoms with Gasteiger partial charge in [-0.15, -0.1) is 0 Å². The lowest BCUT2D eigenvalue weighted by molar-refractivity contribution is 0.102. The molecule has 2 aliphatic rings. The lowest BCUT2D eigenvalue weighted by atomic mass is 10.2. The van der Waals surface area contributed by atoms with Crippen LogP contribution in [-0.4, -0.2) is 44.9 Å². The van der Waals surface area contributed by atoms with E-state index in [1.807, 2.05) is 0 Å². The molecule has 2 heterocycles. The second-order valence-electron chi connectivity index (χ2n) is 6.57. The summed E-state index contributed by atoms with van der Waals surface area (Å²) in [6.07, 6.45) is 1.70. The molecule has 0 radical (unpaired) electrons. The van der Waals surface area contributed by atoms with Gasteiger partial charge in [-0.25, -0.2) is 8.42 Å². The van der Waals surface area contributed by atoms with Gasteiger partial charge in [-0.1, -0.05) is 17.7 Å². The number of rotatable bonds is 4. The first kappa shape index (κ1) is 19.0. The number of sulfonamides is 1. The molecule has 4 rings (SSSR count). The van der Waals surface area contributed by atoms with Crippen molar-refractivity contribution in [2.24, 2.45) is 0 Å². The Balaban J connectivity index is 1.58. The molecule has 1 fully saturated rings. The number of nitrogens with one attached hydrogen (secondary N) is 1. The lowest BCUT2D eigenvalue weighted by Crippen LogP contribution is -2.28. The molecule has 7 nitrogen and oxygen atoms in total. The van der Waals surface area contributed by atoms with Crippen LogP contribution in [0.15, 0.2) is 41.3 Å². The Kier molecular flexibility index (Phi) is 5.18. The SMILES string of the molecule is O=C(Nc1cc2c(cc1Cl)OCCO2)c1cccc(S(=O)(=O)N2CCCC2)c1. The summed E-state index contributed by atoms with van der Waals surface area (Å²) < 4.78 is 37.9. The number of amides is 1. The maximum absolute atomic E-state index is 12.7. The molecule has 9 heteroatoms. The molecule has 1 saturated heterocycles. The fourth-order valence-corrected chi connectivity index (χ4v) is 4.99. The highest BCUT2D eigenvalue weighted by molar-refractivity contribution is 7.89. The molecule has 0 atom stereocenters. The molecule has 2 aromatic rings. The van der Waals surface area contributed by atoms with Crippen molar-refractivity contribution in [2.45, 2.75) is 17.7 Å². The molecule has 2 aliphatic heterocycles. The van der Waals surface area contributed by atoms with Crippen molar-refractivity contribution in [3.8, 4) is 11.5 Å². The molecule has 1 N–H and O–H groups in total. The van der Waals surface area contributed by atoms with Crippen LogP contribution in [-0.2, 0) is 10.0 Å². The minimum Gasteiger partial charge on any atom is -0.486 e. The van der Waals surface area contributed by atoms with E-state index in [4.69, 9.17) is 21.1 Å². The second-order valence-corrected chi connectivity index (χ2v) is 8.91. The van der Waals surface area contributed by atoms with E-state index in [0.29, 0.717) is 48.5 Å². The quantitative estimate of drug-likeness (QED) is 0.818. The van der Waals surface area contributed by atoms with Crippen LogP contribution in [0.4, 0.5) is 5.69 Å². The number of hydrogen-bond donors (Lipinski definition) is 1. The van der Waals surface area contributed by atoms with Gasteiger partial charge in [0.25, 0.3) is 5.91 Å². The minimum atomic E-state index is -3.60. The zero-order chi connectivity index (χ0) is 19.7. The van der Waals surface area contributed by atoms with Gasteiger partial charge >= 0.3 is 0 Å². The molecule has 0 unspecified atom stereocenters. The topological polar surface area (TPSA) is 84.9 Å². The predicted molar refractivity (Wildman–Crippen MR) is 105 cm³/mol. The molecule has 0 spiro atoms. The maximum atomic E-state index is 12.7. The van der Waals surface area contributed by atoms with E-state index in [0.717, 1.165) is 12.8 Å². The summed E-state index contributed by atoms with van der Waals surface area (Å²) in [5.41, 5.74) is 0.593. The van der Waals surface area contributed by atoms with Crippen molar-refractivity contribution in [2.75, 3.05) is 31.6 Å². The third kappa shape index (κ3) is 3.67. The number of benzene rings is 2. The minimum absolute atomic E-state index is 0.107. The predicted octanol–water partition coefficient (Wildman–Crippen LogP) is 3.15. The zero-order valence-electron chi connectivity index (χ0n) is 15.0. The number of anilines is 1. The Morgan fingerprint density at radius 1 is 1.04 bits per heavy atom. The summed E-state index contributed by atoms with van der Waals surface area (Å²) in [4.78, 5) is 12.8. The smallest absolute Gasteiger partial charge is 0.255 e. The van der Waals surface area contributed by atoms with E-state index in [2.05, 4.69) is 5.32 Å². The average molecular weight is 423 g/mol. The Labute approximate surface area is 168 Å². The monoisotopic (exact) mass is 422 g/mol. The van der Waals surface area contributed by atoms with Crippen molar-refractivity contribution in [1.82, 2.24) is 4.31 Å². The van der Waals surface area contributed by atoms with E-state index in [-0.39, 0.29) is 10.5 Å². The van der Waals surface area contributed by atoms with Gasteiger partial charge in [0.05, 0.1) is 15.6 Å². The highest BCUT2D eigenvalue weighted by Gasteiger charge is 2.27. The Hall–Kier alpha value is -2.29. The van der Waals surface area contributed by atoms with Crippen LogP contribution in [0, 0.1) is 0 Å². The molecular weight excluding hydrogens is 404 g/mol. The van der Waals surface area contributed by atoms with Gasteiger partial charge in [0.2, 0.25) is 10.0 Å². The molecule has 0 saturated carbocycles. The zero-order valence-corrected chi connectivity index (χ0v) is 16.6. The van der Waals surface area contributed by atoms with Gasteiger partial charge in [-0.05, 0) is 31.0 Å². The van der Waals surface area contributed by atoms with E-state index in [1.165, 1.54) is 16.4 Å². The molecule has 0 aromatic heterocycles. The fraction of sp³-hybridized carbons (Fsp3) is 0.316. The van der Waals surface area contributed by atoms with Crippen LogP contribution in [0.2, 0.25) is 5.02 Å². The van der Waals surface area contributed by atoms with Gasteiger partial charge in [0, 0.05) is 30.8 Å². The third-order valence-electron chi connectivity index (χ3n) is 4.68. The molecule has 148 valence electrons. The molecule has 28 heavy (non-hydrogen) atoms. The Bertz CT molecular complexity index is 1020. The van der Waals surface area contributed by atoms with Gasteiger partial charge in [0.15, 0.2) is 11.5 Å². The number of fused-ring (bicyclic) bond motifs is 1. The van der Waals surface area contributed by atoms with Gasteiger partial charge in [-0.2, -0.15) is 4.31 Å². The summed E-state index contributed by atoms with van der Waals surface area (Å²) in [5, 5.41) is 3.01. The van der Waals surface area contributed by atoms with Crippen molar-refractivity contribution in [1.29, 1.82) is 0 Å². The van der Waals surface area contributed by atoms with Crippen molar-refractivity contribution in [3.63, 3.8) is 0 Å². The first-order valence-electron chi connectivity index (χ1n) is 8.96. The number of nitrogens with zero attached hydrogens (tertiary/aromatic N) is 1. The summed E-state index contributed by atoms with van der Waals surface area (Å²) >= 11 is 6.23. The molecule has 0 aliphatic carbocycles. The van der Waals surface area contributed by atoms with Crippen LogP contribution in [0.5, 0.6) is 11.5 Å². The van der Waals surface area contributed by atoms with Crippen molar-refractivity contribution >= 4 is 33.2 Å². The third-order valence-corrected chi connectivity index (χ3v) is 6.89.